The Balaban J connectivity index is 2.11. The Morgan fingerprint density at radius 2 is 1.89 bits per heavy atom. The third-order valence-electron chi connectivity index (χ3n) is 2.51. The van der Waals surface area contributed by atoms with Crippen molar-refractivity contribution in [3.05, 3.63) is 53.1 Å². The minimum Gasteiger partial charge on any atom is -0.477 e. The molecule has 0 bridgehead atoms. The van der Waals surface area contributed by atoms with Crippen LogP contribution in [0, 0.1) is 13.8 Å². The van der Waals surface area contributed by atoms with Gasteiger partial charge in [0.05, 0.1) is 5.75 Å². The highest BCUT2D eigenvalue weighted by Crippen LogP contribution is 2.21. The average molecular weight is 274 g/mol. The number of rotatable bonds is 4. The van der Waals surface area contributed by atoms with Gasteiger partial charge < -0.3 is 5.11 Å². The van der Waals surface area contributed by atoms with E-state index in [4.69, 9.17) is 5.11 Å². The van der Waals surface area contributed by atoms with Crippen molar-refractivity contribution in [2.24, 2.45) is 0 Å². The van der Waals surface area contributed by atoms with Crippen molar-refractivity contribution in [3.8, 4) is 0 Å². The van der Waals surface area contributed by atoms with Crippen molar-refractivity contribution in [1.29, 1.82) is 0 Å². The van der Waals surface area contributed by atoms with Gasteiger partial charge >= 0.3 is 5.97 Å². The number of carboxylic acids is 1. The number of hydrogen-bond acceptors (Lipinski definition) is 4. The predicted octanol–water partition coefficient (Wildman–Crippen LogP) is 3.08. The van der Waals surface area contributed by atoms with Gasteiger partial charge in [0.25, 0.3) is 0 Å². The first-order chi connectivity index (χ1) is 9.04. The molecule has 1 aromatic heterocycles. The van der Waals surface area contributed by atoms with E-state index < -0.39 is 5.97 Å². The molecule has 19 heavy (non-hydrogen) atoms. The first kappa shape index (κ1) is 13.5. The Hall–Kier alpha value is -1.88. The van der Waals surface area contributed by atoms with Gasteiger partial charge in [-0.25, -0.2) is 14.8 Å². The summed E-state index contributed by atoms with van der Waals surface area (Å²) in [6.45, 7) is 3.81. The molecular formula is C14H14N2O2S. The standard InChI is InChI=1S/C14H14N2O2S/c1-9-3-5-11(6-4-9)19-8-13-15-10(2)7-12(16-13)14(17)18/h3-7H,8H2,1-2H3,(H,17,18). The first-order valence-electron chi connectivity index (χ1n) is 5.82. The molecule has 4 nitrogen and oxygen atoms in total. The number of nitrogens with zero attached hydrogens (tertiary/aromatic N) is 2. The molecule has 0 saturated carbocycles. The monoisotopic (exact) mass is 274 g/mol. The Morgan fingerprint density at radius 3 is 2.53 bits per heavy atom. The van der Waals surface area contributed by atoms with Crippen LogP contribution in [0.5, 0.6) is 0 Å². The topological polar surface area (TPSA) is 63.1 Å². The molecule has 0 amide bonds. The normalized spacial score (nSPS) is 10.4. The van der Waals surface area contributed by atoms with E-state index in [-0.39, 0.29) is 5.69 Å². The summed E-state index contributed by atoms with van der Waals surface area (Å²) in [4.78, 5) is 20.3. The summed E-state index contributed by atoms with van der Waals surface area (Å²) in [6.07, 6.45) is 0. The van der Waals surface area contributed by atoms with Gasteiger partial charge in [0.1, 0.15) is 5.82 Å². The second kappa shape index (κ2) is 5.84. The lowest BCUT2D eigenvalue weighted by Gasteiger charge is -2.04. The summed E-state index contributed by atoms with van der Waals surface area (Å²) in [5.74, 6) is 0.0837. The van der Waals surface area contributed by atoms with Gasteiger partial charge in [-0.2, -0.15) is 0 Å². The van der Waals surface area contributed by atoms with E-state index in [1.54, 1.807) is 18.7 Å². The number of benzene rings is 1. The van der Waals surface area contributed by atoms with E-state index in [2.05, 4.69) is 9.97 Å². The molecule has 0 aliphatic heterocycles. The van der Waals surface area contributed by atoms with Crippen molar-refractivity contribution in [2.45, 2.75) is 24.5 Å². The number of aryl methyl sites for hydroxylation is 2. The van der Waals surface area contributed by atoms with E-state index in [1.165, 1.54) is 11.6 Å². The molecule has 0 aliphatic rings. The van der Waals surface area contributed by atoms with Gasteiger partial charge in [-0.3, -0.25) is 0 Å². The quantitative estimate of drug-likeness (QED) is 0.868. The maximum absolute atomic E-state index is 10.9. The molecule has 0 aliphatic carbocycles. The number of aromatic carboxylic acids is 1. The van der Waals surface area contributed by atoms with Crippen LogP contribution in [0.1, 0.15) is 27.6 Å². The van der Waals surface area contributed by atoms with Gasteiger partial charge in [0.15, 0.2) is 5.69 Å². The number of aromatic nitrogens is 2. The molecule has 5 heteroatoms. The van der Waals surface area contributed by atoms with Crippen molar-refractivity contribution >= 4 is 17.7 Å². The molecule has 0 spiro atoms. The SMILES string of the molecule is Cc1ccc(SCc2nc(C)cc(C(=O)O)n2)cc1. The zero-order chi connectivity index (χ0) is 13.8. The molecule has 0 fully saturated rings. The highest BCUT2D eigenvalue weighted by molar-refractivity contribution is 7.98. The van der Waals surface area contributed by atoms with Crippen LogP contribution in [0.4, 0.5) is 0 Å². The van der Waals surface area contributed by atoms with Crippen LogP contribution in [0.3, 0.4) is 0 Å². The molecule has 98 valence electrons. The van der Waals surface area contributed by atoms with E-state index in [9.17, 15) is 4.79 Å². The summed E-state index contributed by atoms with van der Waals surface area (Å²) in [5.41, 5.74) is 1.93. The van der Waals surface area contributed by atoms with Crippen molar-refractivity contribution in [1.82, 2.24) is 9.97 Å². The fraction of sp³-hybridized carbons (Fsp3) is 0.214. The van der Waals surface area contributed by atoms with E-state index in [1.807, 2.05) is 31.2 Å². The fourth-order valence-corrected chi connectivity index (χ4v) is 2.34. The van der Waals surface area contributed by atoms with Crippen LogP contribution >= 0.6 is 11.8 Å². The Bertz CT molecular complexity index is 597. The average Bonchev–Trinajstić information content (AvgIpc) is 2.37. The summed E-state index contributed by atoms with van der Waals surface area (Å²) in [6, 6.07) is 9.63. The van der Waals surface area contributed by atoms with Crippen molar-refractivity contribution in [3.63, 3.8) is 0 Å². The van der Waals surface area contributed by atoms with Crippen molar-refractivity contribution in [2.75, 3.05) is 0 Å². The second-order valence-electron chi connectivity index (χ2n) is 4.22. The molecule has 0 saturated heterocycles. The Morgan fingerprint density at radius 1 is 1.21 bits per heavy atom. The number of carbonyl (C=O) groups is 1. The summed E-state index contributed by atoms with van der Waals surface area (Å²) in [7, 11) is 0. The van der Waals surface area contributed by atoms with E-state index in [0.29, 0.717) is 17.3 Å². The summed E-state index contributed by atoms with van der Waals surface area (Å²) < 4.78 is 0. The number of carboxylic acid groups (broad SMARTS) is 1. The van der Waals surface area contributed by atoms with Crippen LogP contribution in [-0.4, -0.2) is 21.0 Å². The maximum Gasteiger partial charge on any atom is 0.354 e. The zero-order valence-corrected chi connectivity index (χ0v) is 11.6. The lowest BCUT2D eigenvalue weighted by molar-refractivity contribution is 0.0689. The molecule has 1 heterocycles. The summed E-state index contributed by atoms with van der Waals surface area (Å²) in [5, 5.41) is 8.95. The highest BCUT2D eigenvalue weighted by atomic mass is 32.2. The van der Waals surface area contributed by atoms with Crippen LogP contribution in [-0.2, 0) is 5.75 Å². The smallest absolute Gasteiger partial charge is 0.354 e. The van der Waals surface area contributed by atoms with Crippen LogP contribution in [0.2, 0.25) is 0 Å². The Kier molecular flexibility index (Phi) is 4.16. The second-order valence-corrected chi connectivity index (χ2v) is 5.27. The van der Waals surface area contributed by atoms with E-state index >= 15 is 0 Å². The van der Waals surface area contributed by atoms with Crippen LogP contribution in [0.15, 0.2) is 35.2 Å². The molecule has 1 N–H and O–H groups in total. The largest absolute Gasteiger partial charge is 0.477 e. The molecular weight excluding hydrogens is 260 g/mol. The highest BCUT2D eigenvalue weighted by Gasteiger charge is 2.08. The third kappa shape index (κ3) is 3.79. The lowest BCUT2D eigenvalue weighted by atomic mass is 10.2. The molecule has 0 unspecified atom stereocenters. The molecule has 2 rings (SSSR count). The van der Waals surface area contributed by atoms with Crippen LogP contribution in [0.25, 0.3) is 0 Å². The van der Waals surface area contributed by atoms with Gasteiger partial charge in [0, 0.05) is 10.6 Å². The van der Waals surface area contributed by atoms with Crippen molar-refractivity contribution < 1.29 is 9.90 Å². The minimum absolute atomic E-state index is 0.0482. The molecule has 2 aromatic rings. The summed E-state index contributed by atoms with van der Waals surface area (Å²) >= 11 is 1.59. The Labute approximate surface area is 115 Å². The fourth-order valence-electron chi connectivity index (χ4n) is 1.59. The molecule has 1 aromatic carbocycles. The van der Waals surface area contributed by atoms with Gasteiger partial charge in [-0.1, -0.05) is 17.7 Å². The zero-order valence-electron chi connectivity index (χ0n) is 10.8. The maximum atomic E-state index is 10.9. The van der Waals surface area contributed by atoms with Crippen LogP contribution < -0.4 is 0 Å². The minimum atomic E-state index is -1.02. The number of thioether (sulfide) groups is 1. The lowest BCUT2D eigenvalue weighted by Crippen LogP contribution is -2.05. The van der Waals surface area contributed by atoms with Gasteiger partial charge in [-0.15, -0.1) is 11.8 Å². The van der Waals surface area contributed by atoms with Gasteiger partial charge in [0.2, 0.25) is 0 Å². The van der Waals surface area contributed by atoms with E-state index in [0.717, 1.165) is 4.90 Å². The molecule has 0 atom stereocenters. The predicted molar refractivity (Wildman–Crippen MR) is 74.5 cm³/mol. The number of hydrogen-bond donors (Lipinski definition) is 1. The molecule has 0 radical (unpaired) electrons. The van der Waals surface area contributed by atoms with Gasteiger partial charge in [-0.05, 0) is 32.0 Å². The third-order valence-corrected chi connectivity index (χ3v) is 3.52. The first-order valence-corrected chi connectivity index (χ1v) is 6.80.